The first-order chi connectivity index (χ1) is 10.8. The van der Waals surface area contributed by atoms with Crippen LogP contribution in [0.5, 0.6) is 11.5 Å². The highest BCUT2D eigenvalue weighted by molar-refractivity contribution is 6.74. The summed E-state index contributed by atoms with van der Waals surface area (Å²) in [6, 6.07) is 9.05. The first-order valence-corrected chi connectivity index (χ1v) is 12.0. The van der Waals surface area contributed by atoms with Crippen molar-refractivity contribution in [2.24, 2.45) is 0 Å². The molecule has 131 valence electrons. The summed E-state index contributed by atoms with van der Waals surface area (Å²) in [5.74, 6) is 1.71. The minimum Gasteiger partial charge on any atom is -0.543 e. The van der Waals surface area contributed by atoms with Crippen molar-refractivity contribution in [2.75, 3.05) is 6.61 Å². The average Bonchev–Trinajstić information content (AvgIpc) is 2.45. The Kier molecular flexibility index (Phi) is 8.17. The molecule has 3 heteroatoms. The Bertz CT molecular complexity index is 449. The lowest BCUT2D eigenvalue weighted by molar-refractivity contribution is 0.303. The summed E-state index contributed by atoms with van der Waals surface area (Å²) in [6.45, 7) is 14.3. The molecule has 1 rings (SSSR count). The second-order valence-corrected chi connectivity index (χ2v) is 12.6. The largest absolute Gasteiger partial charge is 0.543 e. The van der Waals surface area contributed by atoms with E-state index in [0.717, 1.165) is 24.5 Å². The standard InChI is InChI=1S/C20H35O2Si/c1-7-8-9-10-11-12-16-21-18-14-13-15-19(17-18)22-23(5,6)20(2,3)4/h13-14,17H,7-12,16H2,1-6H3. The van der Waals surface area contributed by atoms with E-state index in [4.69, 9.17) is 9.16 Å². The van der Waals surface area contributed by atoms with E-state index in [1.54, 1.807) is 0 Å². The van der Waals surface area contributed by atoms with Crippen LogP contribution < -0.4 is 9.16 Å². The first-order valence-electron chi connectivity index (χ1n) is 9.10. The van der Waals surface area contributed by atoms with Crippen LogP contribution in [0.15, 0.2) is 18.2 Å². The molecular formula is C20H35O2Si. The van der Waals surface area contributed by atoms with Crippen LogP contribution in [0, 0.1) is 6.07 Å². The second-order valence-electron chi connectivity index (χ2n) is 7.87. The zero-order chi connectivity index (χ0) is 17.3. The van der Waals surface area contributed by atoms with Crippen LogP contribution in [-0.2, 0) is 0 Å². The Balaban J connectivity index is 2.42. The van der Waals surface area contributed by atoms with Crippen molar-refractivity contribution in [3.63, 3.8) is 0 Å². The third kappa shape index (κ3) is 7.43. The molecule has 0 aliphatic heterocycles. The molecule has 0 aliphatic rings. The van der Waals surface area contributed by atoms with Gasteiger partial charge in [0.05, 0.1) is 6.61 Å². The van der Waals surface area contributed by atoms with Crippen LogP contribution in [0.3, 0.4) is 0 Å². The first kappa shape index (κ1) is 20.1. The summed E-state index contributed by atoms with van der Waals surface area (Å²) >= 11 is 0. The van der Waals surface area contributed by atoms with Gasteiger partial charge in [-0.15, -0.1) is 0 Å². The minimum absolute atomic E-state index is 0.191. The Morgan fingerprint density at radius 3 is 2.35 bits per heavy atom. The van der Waals surface area contributed by atoms with E-state index in [1.807, 2.05) is 18.2 Å². The van der Waals surface area contributed by atoms with Gasteiger partial charge >= 0.3 is 0 Å². The molecule has 0 unspecified atom stereocenters. The SMILES string of the molecule is CCCCCCCCOc1cc[c]c(O[Si](C)(C)C(C)(C)C)c1. The van der Waals surface area contributed by atoms with Gasteiger partial charge in [-0.25, -0.2) is 0 Å². The molecule has 0 amide bonds. The Morgan fingerprint density at radius 2 is 1.70 bits per heavy atom. The molecule has 0 fully saturated rings. The van der Waals surface area contributed by atoms with Crippen molar-refractivity contribution >= 4 is 8.32 Å². The van der Waals surface area contributed by atoms with E-state index in [2.05, 4.69) is 46.9 Å². The highest BCUT2D eigenvalue weighted by atomic mass is 28.4. The van der Waals surface area contributed by atoms with Crippen LogP contribution in [0.4, 0.5) is 0 Å². The summed E-state index contributed by atoms with van der Waals surface area (Å²) < 4.78 is 12.2. The summed E-state index contributed by atoms with van der Waals surface area (Å²) in [4.78, 5) is 0. The fraction of sp³-hybridized carbons (Fsp3) is 0.700. The third-order valence-corrected chi connectivity index (χ3v) is 9.03. The monoisotopic (exact) mass is 335 g/mol. The highest BCUT2D eigenvalue weighted by Crippen LogP contribution is 2.37. The fourth-order valence-electron chi connectivity index (χ4n) is 2.07. The molecule has 0 spiro atoms. The molecule has 1 aromatic rings. The van der Waals surface area contributed by atoms with Gasteiger partial charge in [-0.3, -0.25) is 0 Å². The number of benzene rings is 1. The van der Waals surface area contributed by atoms with Gasteiger partial charge in [0.15, 0.2) is 0 Å². The lowest BCUT2D eigenvalue weighted by Gasteiger charge is -2.36. The molecule has 0 atom stereocenters. The lowest BCUT2D eigenvalue weighted by atomic mass is 10.1. The molecule has 23 heavy (non-hydrogen) atoms. The Hall–Kier alpha value is -0.963. The highest BCUT2D eigenvalue weighted by Gasteiger charge is 2.39. The van der Waals surface area contributed by atoms with Gasteiger partial charge in [-0.1, -0.05) is 59.8 Å². The van der Waals surface area contributed by atoms with Crippen molar-refractivity contribution < 1.29 is 9.16 Å². The van der Waals surface area contributed by atoms with E-state index < -0.39 is 8.32 Å². The Morgan fingerprint density at radius 1 is 1.04 bits per heavy atom. The minimum atomic E-state index is -1.81. The maximum Gasteiger partial charge on any atom is 0.250 e. The van der Waals surface area contributed by atoms with Crippen molar-refractivity contribution in [3.8, 4) is 11.5 Å². The van der Waals surface area contributed by atoms with E-state index in [1.165, 1.54) is 32.1 Å². The molecule has 0 N–H and O–H groups in total. The van der Waals surface area contributed by atoms with Gasteiger partial charge in [0, 0.05) is 12.1 Å². The van der Waals surface area contributed by atoms with Gasteiger partial charge in [-0.05, 0) is 36.7 Å². The summed E-state index contributed by atoms with van der Waals surface area (Å²) in [7, 11) is -1.81. The van der Waals surface area contributed by atoms with Gasteiger partial charge in [0.2, 0.25) is 0 Å². The summed E-state index contributed by atoms with van der Waals surface area (Å²) in [6.07, 6.45) is 7.70. The van der Waals surface area contributed by atoms with E-state index in [9.17, 15) is 0 Å². The molecule has 0 aliphatic carbocycles. The van der Waals surface area contributed by atoms with Gasteiger partial charge in [0.1, 0.15) is 11.5 Å². The van der Waals surface area contributed by atoms with Crippen molar-refractivity contribution in [3.05, 3.63) is 24.3 Å². The van der Waals surface area contributed by atoms with Crippen molar-refractivity contribution in [1.82, 2.24) is 0 Å². The smallest absolute Gasteiger partial charge is 0.250 e. The normalized spacial score (nSPS) is 12.3. The molecule has 1 radical (unpaired) electrons. The third-order valence-electron chi connectivity index (χ3n) is 4.68. The lowest BCUT2D eigenvalue weighted by Crippen LogP contribution is -2.43. The molecule has 0 saturated carbocycles. The molecule has 0 heterocycles. The molecule has 0 bridgehead atoms. The molecule has 0 aromatic heterocycles. The maximum absolute atomic E-state index is 6.28. The second kappa shape index (κ2) is 9.36. The van der Waals surface area contributed by atoms with E-state index in [-0.39, 0.29) is 5.04 Å². The van der Waals surface area contributed by atoms with Gasteiger partial charge in [-0.2, -0.15) is 0 Å². The molecule has 1 aromatic carbocycles. The summed E-state index contributed by atoms with van der Waals surface area (Å²) in [5, 5.41) is 0.191. The quantitative estimate of drug-likeness (QED) is 0.354. The van der Waals surface area contributed by atoms with Gasteiger partial charge in [0.25, 0.3) is 8.32 Å². The number of ether oxygens (including phenoxy) is 1. The zero-order valence-corrected chi connectivity index (χ0v) is 17.0. The number of hydrogen-bond donors (Lipinski definition) is 0. The van der Waals surface area contributed by atoms with E-state index >= 15 is 0 Å². The van der Waals surface area contributed by atoms with Crippen molar-refractivity contribution in [1.29, 1.82) is 0 Å². The maximum atomic E-state index is 6.28. The number of hydrogen-bond acceptors (Lipinski definition) is 2. The van der Waals surface area contributed by atoms with Crippen LogP contribution in [0.2, 0.25) is 18.1 Å². The average molecular weight is 336 g/mol. The molecule has 2 nitrogen and oxygen atoms in total. The molecular weight excluding hydrogens is 300 g/mol. The van der Waals surface area contributed by atoms with Crippen LogP contribution in [-0.4, -0.2) is 14.9 Å². The fourth-order valence-corrected chi connectivity index (χ4v) is 3.05. The van der Waals surface area contributed by atoms with Crippen molar-refractivity contribution in [2.45, 2.75) is 84.4 Å². The topological polar surface area (TPSA) is 18.5 Å². The Labute approximate surface area is 144 Å². The zero-order valence-electron chi connectivity index (χ0n) is 16.0. The van der Waals surface area contributed by atoms with Crippen LogP contribution in [0.1, 0.15) is 66.2 Å². The predicted octanol–water partition coefficient (Wildman–Crippen LogP) is 6.61. The molecule has 0 saturated heterocycles. The van der Waals surface area contributed by atoms with E-state index in [0.29, 0.717) is 0 Å². The van der Waals surface area contributed by atoms with Crippen LogP contribution in [0.25, 0.3) is 0 Å². The predicted molar refractivity (Wildman–Crippen MR) is 102 cm³/mol. The van der Waals surface area contributed by atoms with Crippen LogP contribution >= 0.6 is 0 Å². The number of rotatable bonds is 10. The van der Waals surface area contributed by atoms with Gasteiger partial charge < -0.3 is 9.16 Å². The number of unbranched alkanes of at least 4 members (excludes halogenated alkanes) is 5. The summed E-state index contributed by atoms with van der Waals surface area (Å²) in [5.41, 5.74) is 0.